The number of aromatic nitrogens is 4. The molecule has 2 heterocycles. The molecular formula is C15H16BrN5. The first kappa shape index (κ1) is 14.0. The van der Waals surface area contributed by atoms with Gasteiger partial charge in [-0.25, -0.2) is 4.68 Å². The number of aryl methyl sites for hydroxylation is 1. The Morgan fingerprint density at radius 2 is 1.95 bits per heavy atom. The van der Waals surface area contributed by atoms with Gasteiger partial charge in [0.05, 0.1) is 34.3 Å². The van der Waals surface area contributed by atoms with E-state index in [0.29, 0.717) is 0 Å². The lowest BCUT2D eigenvalue weighted by Gasteiger charge is -2.12. The zero-order valence-electron chi connectivity index (χ0n) is 11.6. The summed E-state index contributed by atoms with van der Waals surface area (Å²) in [5.74, 6) is 0. The van der Waals surface area contributed by atoms with Gasteiger partial charge in [0.2, 0.25) is 0 Å². The lowest BCUT2D eigenvalue weighted by molar-refractivity contribution is 0.599. The number of para-hydroxylation sites is 1. The highest BCUT2D eigenvalue weighted by molar-refractivity contribution is 9.10. The molecule has 3 rings (SSSR count). The van der Waals surface area contributed by atoms with Gasteiger partial charge in [0, 0.05) is 18.3 Å². The second kappa shape index (κ2) is 5.83. The highest BCUT2D eigenvalue weighted by Gasteiger charge is 2.19. The molecule has 1 atom stereocenters. The van der Waals surface area contributed by atoms with Gasteiger partial charge in [0.1, 0.15) is 0 Å². The van der Waals surface area contributed by atoms with Gasteiger partial charge < -0.3 is 5.73 Å². The van der Waals surface area contributed by atoms with Gasteiger partial charge in [0.15, 0.2) is 0 Å². The first-order valence-corrected chi connectivity index (χ1v) is 7.56. The monoisotopic (exact) mass is 345 g/mol. The lowest BCUT2D eigenvalue weighted by Crippen LogP contribution is -2.17. The summed E-state index contributed by atoms with van der Waals surface area (Å²) in [6.07, 6.45) is 5.54. The Hall–Kier alpha value is -1.92. The topological polar surface area (TPSA) is 61.7 Å². The van der Waals surface area contributed by atoms with E-state index in [-0.39, 0.29) is 6.04 Å². The Bertz CT molecular complexity index is 732. The van der Waals surface area contributed by atoms with Crippen molar-refractivity contribution >= 4 is 15.9 Å². The van der Waals surface area contributed by atoms with Crippen LogP contribution >= 0.6 is 15.9 Å². The van der Waals surface area contributed by atoms with Crippen LogP contribution in [0.25, 0.3) is 5.69 Å². The van der Waals surface area contributed by atoms with Crippen LogP contribution < -0.4 is 5.73 Å². The predicted octanol–water partition coefficient (Wildman–Crippen LogP) is 2.90. The third-order valence-electron chi connectivity index (χ3n) is 3.41. The van der Waals surface area contributed by atoms with Gasteiger partial charge in [0.25, 0.3) is 0 Å². The molecule has 0 bridgehead atoms. The number of benzene rings is 1. The molecule has 0 saturated heterocycles. The fourth-order valence-corrected chi connectivity index (χ4v) is 2.85. The van der Waals surface area contributed by atoms with Crippen LogP contribution in [-0.4, -0.2) is 19.6 Å². The number of hydrogen-bond acceptors (Lipinski definition) is 3. The largest absolute Gasteiger partial charge is 0.319 e. The third-order valence-corrected chi connectivity index (χ3v) is 4.02. The van der Waals surface area contributed by atoms with Gasteiger partial charge in [-0.3, -0.25) is 4.68 Å². The normalized spacial score (nSPS) is 12.5. The maximum Gasteiger partial charge on any atom is 0.0765 e. The van der Waals surface area contributed by atoms with Gasteiger partial charge >= 0.3 is 0 Å². The predicted molar refractivity (Wildman–Crippen MR) is 85.2 cm³/mol. The summed E-state index contributed by atoms with van der Waals surface area (Å²) in [4.78, 5) is 0. The van der Waals surface area contributed by atoms with Crippen LogP contribution in [-0.2, 0) is 6.54 Å². The van der Waals surface area contributed by atoms with Crippen molar-refractivity contribution in [2.75, 3.05) is 0 Å². The Kier molecular flexibility index (Phi) is 3.90. The SMILES string of the molecule is CCn1ncc(Br)c1C(N)c1cnn(-c2ccccc2)c1. The molecule has 1 unspecified atom stereocenters. The summed E-state index contributed by atoms with van der Waals surface area (Å²) in [5.41, 5.74) is 9.31. The summed E-state index contributed by atoms with van der Waals surface area (Å²) < 4.78 is 4.65. The molecule has 2 N–H and O–H groups in total. The number of halogens is 1. The molecule has 0 fully saturated rings. The van der Waals surface area contributed by atoms with E-state index < -0.39 is 0 Å². The van der Waals surface area contributed by atoms with E-state index in [9.17, 15) is 0 Å². The van der Waals surface area contributed by atoms with Crippen LogP contribution in [0.5, 0.6) is 0 Å². The van der Waals surface area contributed by atoms with Crippen molar-refractivity contribution in [3.05, 3.63) is 64.7 Å². The van der Waals surface area contributed by atoms with Crippen LogP contribution in [0.15, 0.2) is 53.4 Å². The molecule has 5 nitrogen and oxygen atoms in total. The van der Waals surface area contributed by atoms with Crippen LogP contribution in [0.3, 0.4) is 0 Å². The second-order valence-electron chi connectivity index (χ2n) is 4.72. The van der Waals surface area contributed by atoms with Crippen LogP contribution in [0, 0.1) is 0 Å². The summed E-state index contributed by atoms with van der Waals surface area (Å²) in [6, 6.07) is 9.71. The van der Waals surface area contributed by atoms with Crippen molar-refractivity contribution in [3.63, 3.8) is 0 Å². The van der Waals surface area contributed by atoms with E-state index in [1.54, 1.807) is 12.4 Å². The van der Waals surface area contributed by atoms with Crippen LogP contribution in [0.4, 0.5) is 0 Å². The maximum absolute atomic E-state index is 6.39. The number of nitrogens with zero attached hydrogens (tertiary/aromatic N) is 4. The molecule has 0 aliphatic heterocycles. The van der Waals surface area contributed by atoms with Crippen molar-refractivity contribution in [1.82, 2.24) is 19.6 Å². The molecule has 0 radical (unpaired) electrons. The quantitative estimate of drug-likeness (QED) is 0.790. The lowest BCUT2D eigenvalue weighted by atomic mass is 10.1. The number of nitrogens with two attached hydrogens (primary N) is 1. The van der Waals surface area contributed by atoms with E-state index in [2.05, 4.69) is 26.1 Å². The van der Waals surface area contributed by atoms with E-state index in [1.165, 1.54) is 0 Å². The Morgan fingerprint density at radius 3 is 2.67 bits per heavy atom. The minimum absolute atomic E-state index is 0.265. The van der Waals surface area contributed by atoms with Crippen molar-refractivity contribution in [2.24, 2.45) is 5.73 Å². The summed E-state index contributed by atoms with van der Waals surface area (Å²) in [6.45, 7) is 2.82. The molecule has 0 aliphatic carbocycles. The van der Waals surface area contributed by atoms with Gasteiger partial charge in [-0.15, -0.1) is 0 Å². The third kappa shape index (κ3) is 2.64. The number of hydrogen-bond donors (Lipinski definition) is 1. The molecule has 108 valence electrons. The molecule has 2 aromatic heterocycles. The Balaban J connectivity index is 1.94. The second-order valence-corrected chi connectivity index (χ2v) is 5.58. The van der Waals surface area contributed by atoms with Gasteiger partial charge in [-0.2, -0.15) is 10.2 Å². The smallest absolute Gasteiger partial charge is 0.0765 e. The van der Waals surface area contributed by atoms with Crippen LogP contribution in [0.2, 0.25) is 0 Å². The molecule has 1 aromatic carbocycles. The number of rotatable bonds is 4. The molecule has 21 heavy (non-hydrogen) atoms. The summed E-state index contributed by atoms with van der Waals surface area (Å²) in [7, 11) is 0. The molecule has 3 aromatic rings. The van der Waals surface area contributed by atoms with E-state index in [0.717, 1.165) is 28.0 Å². The molecule has 0 spiro atoms. The van der Waals surface area contributed by atoms with Gasteiger partial charge in [-0.1, -0.05) is 18.2 Å². The van der Waals surface area contributed by atoms with Crippen molar-refractivity contribution < 1.29 is 0 Å². The standard InChI is InChI=1S/C15H16BrN5/c1-2-20-15(13(16)9-19-20)14(17)11-8-18-21(10-11)12-6-4-3-5-7-12/h3-10,14H,2,17H2,1H3. The highest BCUT2D eigenvalue weighted by atomic mass is 79.9. The molecule has 6 heteroatoms. The van der Waals surface area contributed by atoms with Gasteiger partial charge in [-0.05, 0) is 35.0 Å². The van der Waals surface area contributed by atoms with Crippen molar-refractivity contribution in [1.29, 1.82) is 0 Å². The zero-order chi connectivity index (χ0) is 14.8. The maximum atomic E-state index is 6.39. The van der Waals surface area contributed by atoms with E-state index in [1.807, 2.05) is 52.8 Å². The highest BCUT2D eigenvalue weighted by Crippen LogP contribution is 2.27. The molecule has 0 aliphatic rings. The molecule has 0 saturated carbocycles. The summed E-state index contributed by atoms with van der Waals surface area (Å²) >= 11 is 3.52. The fraction of sp³-hybridized carbons (Fsp3) is 0.200. The molecular weight excluding hydrogens is 330 g/mol. The fourth-order valence-electron chi connectivity index (χ4n) is 2.31. The van der Waals surface area contributed by atoms with Crippen molar-refractivity contribution in [2.45, 2.75) is 19.5 Å². The average molecular weight is 346 g/mol. The van der Waals surface area contributed by atoms with Crippen LogP contribution in [0.1, 0.15) is 24.2 Å². The Morgan fingerprint density at radius 1 is 1.19 bits per heavy atom. The van der Waals surface area contributed by atoms with E-state index in [4.69, 9.17) is 5.73 Å². The van der Waals surface area contributed by atoms with Crippen molar-refractivity contribution in [3.8, 4) is 5.69 Å². The van der Waals surface area contributed by atoms with E-state index >= 15 is 0 Å². The minimum atomic E-state index is -0.265. The zero-order valence-corrected chi connectivity index (χ0v) is 13.2. The average Bonchev–Trinajstić information content (AvgIpc) is 3.14. The first-order chi connectivity index (χ1) is 10.2. The molecule has 0 amide bonds. The Labute approximate surface area is 131 Å². The summed E-state index contributed by atoms with van der Waals surface area (Å²) in [5, 5.41) is 8.70. The first-order valence-electron chi connectivity index (χ1n) is 6.77. The minimum Gasteiger partial charge on any atom is -0.319 e.